The molecular formula is C25H29N3O3. The van der Waals surface area contributed by atoms with Crippen LogP contribution in [-0.4, -0.2) is 47.9 Å². The standard InChI is InChI=1S/C25H29N3O3/c1-31-24-22(29)17-28(25(24)30)23-13-12-19(14-15-26-20-10-6-3-7-11-20)21(27-23)16-18-8-4-2-5-9-18/h2,4-5,8-9,12-13,20,22,24,26,29H,3,6-7,10-11,16-17H2,1H3/t22-,24-/m1/s1. The first-order chi connectivity index (χ1) is 15.2. The Kier molecular flexibility index (Phi) is 6.86. The minimum absolute atomic E-state index is 0.170. The van der Waals surface area contributed by atoms with Gasteiger partial charge in [0.1, 0.15) is 11.9 Å². The Morgan fingerprint density at radius 1 is 1.16 bits per heavy atom. The van der Waals surface area contributed by atoms with Crippen molar-refractivity contribution >= 4 is 11.7 Å². The summed E-state index contributed by atoms with van der Waals surface area (Å²) < 4.78 is 5.15. The normalized spacial score (nSPS) is 21.6. The van der Waals surface area contributed by atoms with E-state index >= 15 is 0 Å². The SMILES string of the molecule is CO[C@H]1C(=O)N(c2ccc(C#CNC3CCCCC3)c(Cc3ccccc3)n2)C[C@H]1O. The van der Waals surface area contributed by atoms with E-state index in [1.807, 2.05) is 24.3 Å². The molecule has 0 radical (unpaired) electrons. The van der Waals surface area contributed by atoms with Gasteiger partial charge < -0.3 is 15.2 Å². The minimum Gasteiger partial charge on any atom is -0.388 e. The van der Waals surface area contributed by atoms with Crippen molar-refractivity contribution < 1.29 is 14.6 Å². The average Bonchev–Trinajstić information content (AvgIpc) is 3.09. The Balaban J connectivity index is 1.59. The molecule has 0 spiro atoms. The van der Waals surface area contributed by atoms with Gasteiger partial charge >= 0.3 is 0 Å². The number of nitrogens with one attached hydrogen (secondary N) is 1. The highest BCUT2D eigenvalue weighted by atomic mass is 16.5. The van der Waals surface area contributed by atoms with Gasteiger partial charge in [0, 0.05) is 31.2 Å². The molecule has 0 unspecified atom stereocenters. The van der Waals surface area contributed by atoms with Crippen LogP contribution in [-0.2, 0) is 16.0 Å². The fraction of sp³-hybridized carbons (Fsp3) is 0.440. The molecule has 1 aliphatic heterocycles. The summed E-state index contributed by atoms with van der Waals surface area (Å²) >= 11 is 0. The summed E-state index contributed by atoms with van der Waals surface area (Å²) in [7, 11) is 1.43. The number of carbonyl (C=O) groups excluding carboxylic acids is 1. The largest absolute Gasteiger partial charge is 0.388 e. The highest BCUT2D eigenvalue weighted by molar-refractivity contribution is 5.98. The van der Waals surface area contributed by atoms with Crippen molar-refractivity contribution in [2.75, 3.05) is 18.6 Å². The van der Waals surface area contributed by atoms with Crippen LogP contribution in [0.1, 0.15) is 48.9 Å². The molecule has 1 aromatic carbocycles. The summed E-state index contributed by atoms with van der Waals surface area (Å²) in [4.78, 5) is 18.9. The van der Waals surface area contributed by atoms with Gasteiger partial charge in [0.2, 0.25) is 0 Å². The fourth-order valence-electron chi connectivity index (χ4n) is 4.29. The number of amides is 1. The molecule has 2 aromatic rings. The molecular weight excluding hydrogens is 390 g/mol. The number of carbonyl (C=O) groups is 1. The lowest BCUT2D eigenvalue weighted by atomic mass is 9.96. The first-order valence-corrected chi connectivity index (χ1v) is 11.0. The quantitative estimate of drug-likeness (QED) is 0.576. The van der Waals surface area contributed by atoms with Gasteiger partial charge in [-0.15, -0.1) is 0 Å². The molecule has 0 bridgehead atoms. The Labute approximate surface area is 183 Å². The van der Waals surface area contributed by atoms with Gasteiger partial charge in [0.25, 0.3) is 5.91 Å². The van der Waals surface area contributed by atoms with E-state index in [1.54, 1.807) is 6.07 Å². The molecule has 1 aromatic heterocycles. The zero-order valence-electron chi connectivity index (χ0n) is 17.9. The number of β-amino-alcohol motifs (C(OH)–C–C–N with tert-alkyl or cyclic N) is 1. The number of nitrogens with zero attached hydrogens (tertiary/aromatic N) is 2. The van der Waals surface area contributed by atoms with Crippen molar-refractivity contribution in [2.24, 2.45) is 0 Å². The van der Waals surface area contributed by atoms with Crippen LogP contribution in [0.4, 0.5) is 5.82 Å². The number of ether oxygens (including phenoxy) is 1. The topological polar surface area (TPSA) is 74.7 Å². The maximum Gasteiger partial charge on any atom is 0.260 e. The van der Waals surface area contributed by atoms with Gasteiger partial charge in [-0.1, -0.05) is 49.6 Å². The third-order valence-electron chi connectivity index (χ3n) is 6.01. The number of aliphatic hydroxyl groups is 1. The zero-order valence-corrected chi connectivity index (χ0v) is 17.9. The molecule has 2 aliphatic rings. The Morgan fingerprint density at radius 3 is 2.65 bits per heavy atom. The number of pyridine rings is 1. The van der Waals surface area contributed by atoms with Crippen molar-refractivity contribution in [3.8, 4) is 12.0 Å². The second-order valence-corrected chi connectivity index (χ2v) is 8.23. The van der Waals surface area contributed by atoms with Gasteiger partial charge in [-0.2, -0.15) is 0 Å². The number of aliphatic hydroxyl groups excluding tert-OH is 1. The zero-order chi connectivity index (χ0) is 21.6. The predicted molar refractivity (Wildman–Crippen MR) is 120 cm³/mol. The van der Waals surface area contributed by atoms with Gasteiger partial charge in [-0.25, -0.2) is 4.98 Å². The second kappa shape index (κ2) is 9.95. The lowest BCUT2D eigenvalue weighted by Gasteiger charge is -2.20. The molecule has 6 nitrogen and oxygen atoms in total. The molecule has 31 heavy (non-hydrogen) atoms. The van der Waals surface area contributed by atoms with E-state index in [0.29, 0.717) is 18.3 Å². The number of anilines is 1. The van der Waals surface area contributed by atoms with Crippen molar-refractivity contribution in [3.05, 3.63) is 59.3 Å². The Hall–Kier alpha value is -2.88. The van der Waals surface area contributed by atoms with Crippen LogP contribution in [0.3, 0.4) is 0 Å². The van der Waals surface area contributed by atoms with Crippen molar-refractivity contribution in [1.82, 2.24) is 10.3 Å². The lowest BCUT2D eigenvalue weighted by molar-refractivity contribution is -0.128. The first-order valence-electron chi connectivity index (χ1n) is 11.0. The molecule has 2 heterocycles. The van der Waals surface area contributed by atoms with E-state index in [0.717, 1.165) is 16.8 Å². The molecule has 4 rings (SSSR count). The van der Waals surface area contributed by atoms with Crippen LogP contribution in [0.2, 0.25) is 0 Å². The molecule has 1 amide bonds. The smallest absolute Gasteiger partial charge is 0.260 e. The number of aromatic nitrogens is 1. The van der Waals surface area contributed by atoms with Crippen LogP contribution < -0.4 is 10.2 Å². The molecule has 1 saturated carbocycles. The predicted octanol–water partition coefficient (Wildman–Crippen LogP) is 2.63. The van der Waals surface area contributed by atoms with Crippen LogP contribution in [0, 0.1) is 12.0 Å². The molecule has 6 heteroatoms. The third kappa shape index (κ3) is 5.07. The number of benzene rings is 1. The third-order valence-corrected chi connectivity index (χ3v) is 6.01. The van der Waals surface area contributed by atoms with Crippen LogP contribution in [0.25, 0.3) is 0 Å². The number of rotatable bonds is 5. The Bertz CT molecular complexity index is 961. The summed E-state index contributed by atoms with van der Waals surface area (Å²) in [5.74, 6) is 3.48. The highest BCUT2D eigenvalue weighted by Gasteiger charge is 2.41. The Morgan fingerprint density at radius 2 is 1.94 bits per heavy atom. The van der Waals surface area contributed by atoms with E-state index in [2.05, 4.69) is 29.4 Å². The minimum atomic E-state index is -0.865. The molecule has 1 aliphatic carbocycles. The van der Waals surface area contributed by atoms with Crippen molar-refractivity contribution in [1.29, 1.82) is 0 Å². The van der Waals surface area contributed by atoms with Crippen molar-refractivity contribution in [2.45, 2.75) is 56.8 Å². The fourth-order valence-corrected chi connectivity index (χ4v) is 4.29. The van der Waals surface area contributed by atoms with E-state index in [1.165, 1.54) is 44.1 Å². The lowest BCUT2D eigenvalue weighted by Crippen LogP contribution is -2.32. The summed E-state index contributed by atoms with van der Waals surface area (Å²) in [6.45, 7) is 0.170. The van der Waals surface area contributed by atoms with Crippen LogP contribution in [0.15, 0.2) is 42.5 Å². The van der Waals surface area contributed by atoms with E-state index in [9.17, 15) is 9.90 Å². The summed E-state index contributed by atoms with van der Waals surface area (Å²) in [5.41, 5.74) is 2.77. The highest BCUT2D eigenvalue weighted by Crippen LogP contribution is 2.24. The summed E-state index contributed by atoms with van der Waals surface area (Å²) in [6.07, 6.45) is 5.06. The number of hydrogen-bond acceptors (Lipinski definition) is 5. The molecule has 162 valence electrons. The first kappa shape index (κ1) is 21.4. The summed E-state index contributed by atoms with van der Waals surface area (Å²) in [5, 5.41) is 13.5. The summed E-state index contributed by atoms with van der Waals surface area (Å²) in [6, 6.07) is 17.4. The van der Waals surface area contributed by atoms with E-state index in [4.69, 9.17) is 9.72 Å². The molecule has 1 saturated heterocycles. The average molecular weight is 420 g/mol. The van der Waals surface area contributed by atoms with Gasteiger partial charge in [-0.05, 0) is 36.5 Å². The van der Waals surface area contributed by atoms with E-state index < -0.39 is 12.2 Å². The maximum absolute atomic E-state index is 12.6. The van der Waals surface area contributed by atoms with Crippen LogP contribution in [0.5, 0.6) is 0 Å². The monoisotopic (exact) mass is 419 g/mol. The van der Waals surface area contributed by atoms with Gasteiger partial charge in [-0.3, -0.25) is 9.69 Å². The van der Waals surface area contributed by atoms with Crippen LogP contribution >= 0.6 is 0 Å². The second-order valence-electron chi connectivity index (χ2n) is 8.23. The van der Waals surface area contributed by atoms with E-state index in [-0.39, 0.29) is 12.5 Å². The maximum atomic E-state index is 12.6. The van der Waals surface area contributed by atoms with Gasteiger partial charge in [0.05, 0.1) is 12.2 Å². The van der Waals surface area contributed by atoms with Gasteiger partial charge in [0.15, 0.2) is 6.10 Å². The molecule has 2 atom stereocenters. The molecule has 2 N–H and O–H groups in total. The molecule has 2 fully saturated rings. The van der Waals surface area contributed by atoms with Crippen molar-refractivity contribution in [3.63, 3.8) is 0 Å². The number of hydrogen-bond donors (Lipinski definition) is 2. The number of methoxy groups -OCH3 is 1.